The van der Waals surface area contributed by atoms with Crippen molar-refractivity contribution in [2.75, 3.05) is 9.80 Å². The van der Waals surface area contributed by atoms with Gasteiger partial charge in [0.05, 0.1) is 5.41 Å². The topological polar surface area (TPSA) is 11.4 Å². The Morgan fingerprint density at radius 2 is 0.746 bits per heavy atom. The molecule has 1 spiro atoms. The number of aromatic nitrogens is 1. The standard InChI is InChI=1S/C56H39N3/c1-57-54-28-16-13-25-47(54)49-36-42(31-34-55(49)57)59(40-21-9-4-10-22-40)41-30-33-52-48(35-41)45-24-12-15-27-51(45)56(52)50-26-14-11-23-44(50)46-32-29-43(37-53(46)56)58(38-17-5-2-6-18-38)39-19-7-3-8-20-39/h2-37H,1H3. The molecule has 10 aromatic rings. The third-order valence-corrected chi connectivity index (χ3v) is 12.8. The maximum Gasteiger partial charge on any atom is 0.0726 e. The number of aryl methyl sites for hydroxylation is 1. The predicted octanol–water partition coefficient (Wildman–Crippen LogP) is 14.6. The van der Waals surface area contributed by atoms with Crippen LogP contribution in [0.2, 0.25) is 0 Å². The number of fused-ring (bicyclic) bond motifs is 13. The van der Waals surface area contributed by atoms with E-state index in [-0.39, 0.29) is 0 Å². The molecule has 2 aliphatic carbocycles. The molecule has 278 valence electrons. The molecule has 12 rings (SSSR count). The van der Waals surface area contributed by atoms with Gasteiger partial charge in [-0.25, -0.2) is 0 Å². The van der Waals surface area contributed by atoms with Crippen LogP contribution in [0, 0.1) is 0 Å². The highest BCUT2D eigenvalue weighted by Crippen LogP contribution is 2.64. The van der Waals surface area contributed by atoms with Crippen LogP contribution in [0.3, 0.4) is 0 Å². The molecule has 1 atom stereocenters. The summed E-state index contributed by atoms with van der Waals surface area (Å²) in [5.41, 5.74) is 19.1. The number of anilines is 6. The lowest BCUT2D eigenvalue weighted by Gasteiger charge is -2.32. The summed E-state index contributed by atoms with van der Waals surface area (Å²) in [5, 5.41) is 2.52. The summed E-state index contributed by atoms with van der Waals surface area (Å²) < 4.78 is 2.30. The van der Waals surface area contributed by atoms with Gasteiger partial charge in [-0.2, -0.15) is 0 Å². The molecule has 0 fully saturated rings. The second-order valence-electron chi connectivity index (χ2n) is 15.8. The monoisotopic (exact) mass is 753 g/mol. The molecule has 1 heterocycles. The lowest BCUT2D eigenvalue weighted by molar-refractivity contribution is 0.793. The Morgan fingerprint density at radius 3 is 1.41 bits per heavy atom. The van der Waals surface area contributed by atoms with Crippen molar-refractivity contribution in [3.63, 3.8) is 0 Å². The van der Waals surface area contributed by atoms with Gasteiger partial charge in [-0.1, -0.05) is 133 Å². The highest BCUT2D eigenvalue weighted by molar-refractivity contribution is 6.09. The van der Waals surface area contributed by atoms with Crippen LogP contribution >= 0.6 is 0 Å². The molecule has 0 aliphatic heterocycles. The molecule has 0 N–H and O–H groups in total. The van der Waals surface area contributed by atoms with E-state index in [1.807, 2.05) is 0 Å². The fourth-order valence-corrected chi connectivity index (χ4v) is 10.3. The number of para-hydroxylation sites is 4. The summed E-state index contributed by atoms with van der Waals surface area (Å²) in [6.45, 7) is 0. The highest BCUT2D eigenvalue weighted by Gasteiger charge is 2.52. The van der Waals surface area contributed by atoms with Crippen LogP contribution in [-0.2, 0) is 12.5 Å². The summed E-state index contributed by atoms with van der Waals surface area (Å²) in [5.74, 6) is 0. The van der Waals surface area contributed by atoms with E-state index in [1.54, 1.807) is 0 Å². The first kappa shape index (κ1) is 33.5. The Bertz CT molecular complexity index is 3200. The zero-order valence-electron chi connectivity index (χ0n) is 32.6. The van der Waals surface area contributed by atoms with Crippen molar-refractivity contribution < 1.29 is 0 Å². The van der Waals surface area contributed by atoms with Crippen molar-refractivity contribution >= 4 is 55.9 Å². The van der Waals surface area contributed by atoms with Gasteiger partial charge < -0.3 is 14.4 Å². The molecule has 59 heavy (non-hydrogen) atoms. The average Bonchev–Trinajstić information content (AvgIpc) is 3.88. The van der Waals surface area contributed by atoms with Crippen LogP contribution in [0.5, 0.6) is 0 Å². The van der Waals surface area contributed by atoms with Gasteiger partial charge in [0.15, 0.2) is 0 Å². The second-order valence-corrected chi connectivity index (χ2v) is 15.8. The van der Waals surface area contributed by atoms with Crippen molar-refractivity contribution in [3.8, 4) is 22.3 Å². The Balaban J connectivity index is 1.09. The first-order valence-corrected chi connectivity index (χ1v) is 20.4. The van der Waals surface area contributed by atoms with Crippen molar-refractivity contribution in [2.45, 2.75) is 5.41 Å². The zero-order valence-corrected chi connectivity index (χ0v) is 32.6. The van der Waals surface area contributed by atoms with Crippen molar-refractivity contribution in [1.82, 2.24) is 4.57 Å². The van der Waals surface area contributed by atoms with Crippen LogP contribution in [-0.4, -0.2) is 4.57 Å². The number of hydrogen-bond acceptors (Lipinski definition) is 2. The molecule has 0 saturated carbocycles. The van der Waals surface area contributed by atoms with E-state index in [0.717, 1.165) is 34.1 Å². The molecule has 0 amide bonds. The van der Waals surface area contributed by atoms with E-state index < -0.39 is 5.41 Å². The fraction of sp³-hybridized carbons (Fsp3) is 0.0357. The minimum absolute atomic E-state index is 0.495. The molecule has 3 nitrogen and oxygen atoms in total. The first-order chi connectivity index (χ1) is 29.2. The van der Waals surface area contributed by atoms with Gasteiger partial charge in [0.1, 0.15) is 0 Å². The van der Waals surface area contributed by atoms with E-state index in [9.17, 15) is 0 Å². The molecule has 1 aromatic heterocycles. The Morgan fingerprint density at radius 1 is 0.305 bits per heavy atom. The molecule has 0 bridgehead atoms. The lowest BCUT2D eigenvalue weighted by atomic mass is 9.70. The van der Waals surface area contributed by atoms with Crippen LogP contribution in [0.15, 0.2) is 218 Å². The minimum Gasteiger partial charge on any atom is -0.344 e. The van der Waals surface area contributed by atoms with Gasteiger partial charge in [-0.05, 0) is 129 Å². The van der Waals surface area contributed by atoms with Crippen LogP contribution in [0.25, 0.3) is 44.1 Å². The van der Waals surface area contributed by atoms with Crippen LogP contribution in [0.4, 0.5) is 34.1 Å². The SMILES string of the molecule is Cn1c2ccccc2c2cc(N(c3ccccc3)c3ccc4c(c3)-c3ccccc3C43c4ccccc4-c4ccc(N(c5ccccc5)c5ccccc5)cc43)ccc21. The smallest absolute Gasteiger partial charge is 0.0726 e. The lowest BCUT2D eigenvalue weighted by Crippen LogP contribution is -2.26. The summed E-state index contributed by atoms with van der Waals surface area (Å²) in [6.07, 6.45) is 0. The summed E-state index contributed by atoms with van der Waals surface area (Å²) in [6, 6.07) is 80.3. The number of rotatable bonds is 6. The van der Waals surface area contributed by atoms with E-state index in [0.29, 0.717) is 0 Å². The molecule has 0 radical (unpaired) electrons. The largest absolute Gasteiger partial charge is 0.344 e. The number of hydrogen-bond donors (Lipinski definition) is 0. The summed E-state index contributed by atoms with van der Waals surface area (Å²) >= 11 is 0. The molecule has 0 saturated heterocycles. The van der Waals surface area contributed by atoms with Gasteiger partial charge >= 0.3 is 0 Å². The highest BCUT2D eigenvalue weighted by atomic mass is 15.1. The third kappa shape index (κ3) is 4.82. The van der Waals surface area contributed by atoms with Gasteiger partial charge in [-0.3, -0.25) is 0 Å². The quantitative estimate of drug-likeness (QED) is 0.168. The Hall–Kier alpha value is -7.62. The van der Waals surface area contributed by atoms with Gasteiger partial charge in [0, 0.05) is 63.0 Å². The van der Waals surface area contributed by atoms with E-state index in [2.05, 4.69) is 240 Å². The second kappa shape index (κ2) is 13.0. The van der Waals surface area contributed by atoms with Gasteiger partial charge in [-0.15, -0.1) is 0 Å². The molecule has 3 heteroatoms. The molecule has 2 aliphatic rings. The van der Waals surface area contributed by atoms with E-state index in [4.69, 9.17) is 0 Å². The number of benzene rings is 9. The average molecular weight is 754 g/mol. The molecule has 9 aromatic carbocycles. The van der Waals surface area contributed by atoms with Crippen molar-refractivity contribution in [1.29, 1.82) is 0 Å². The maximum atomic E-state index is 2.46. The maximum absolute atomic E-state index is 2.46. The molecular weight excluding hydrogens is 715 g/mol. The summed E-state index contributed by atoms with van der Waals surface area (Å²) in [4.78, 5) is 4.80. The Labute approximate surface area is 344 Å². The third-order valence-electron chi connectivity index (χ3n) is 12.8. The van der Waals surface area contributed by atoms with Crippen LogP contribution < -0.4 is 9.80 Å². The van der Waals surface area contributed by atoms with Gasteiger partial charge in [0.2, 0.25) is 0 Å². The van der Waals surface area contributed by atoms with Crippen molar-refractivity contribution in [3.05, 3.63) is 241 Å². The first-order valence-electron chi connectivity index (χ1n) is 20.4. The van der Waals surface area contributed by atoms with Crippen LogP contribution in [0.1, 0.15) is 22.3 Å². The summed E-state index contributed by atoms with van der Waals surface area (Å²) in [7, 11) is 2.16. The van der Waals surface area contributed by atoms with E-state index >= 15 is 0 Å². The fourth-order valence-electron chi connectivity index (χ4n) is 10.3. The predicted molar refractivity (Wildman–Crippen MR) is 246 cm³/mol. The minimum atomic E-state index is -0.495. The van der Waals surface area contributed by atoms with Crippen molar-refractivity contribution in [2.24, 2.45) is 7.05 Å². The normalized spacial score (nSPS) is 14.6. The Kier molecular flexibility index (Phi) is 7.36. The molecular formula is C56H39N3. The molecule has 1 unspecified atom stereocenters. The van der Waals surface area contributed by atoms with E-state index in [1.165, 1.54) is 66.3 Å². The zero-order chi connectivity index (χ0) is 39.1. The number of nitrogens with zero attached hydrogens (tertiary/aromatic N) is 3. The van der Waals surface area contributed by atoms with Gasteiger partial charge in [0.25, 0.3) is 0 Å².